The van der Waals surface area contributed by atoms with E-state index in [4.69, 9.17) is 0 Å². The van der Waals surface area contributed by atoms with Gasteiger partial charge in [-0.05, 0) is 49.7 Å². The molecule has 1 fully saturated rings. The summed E-state index contributed by atoms with van der Waals surface area (Å²) in [6, 6.07) is 0. The summed E-state index contributed by atoms with van der Waals surface area (Å²) < 4.78 is 0. The lowest BCUT2D eigenvalue weighted by atomic mass is 9.89. The standard InChI is InChI=1S/C11H16S/c12-11-8-4-6-9-5-2-1-3-7-10(9)11/h5,7,11-12H,1-4,6,8H2. The van der Waals surface area contributed by atoms with Gasteiger partial charge in [-0.25, -0.2) is 0 Å². The molecule has 0 nitrogen and oxygen atoms in total. The Balaban J connectivity index is 2.25. The van der Waals surface area contributed by atoms with E-state index in [0.717, 1.165) is 0 Å². The number of hydrogen-bond acceptors (Lipinski definition) is 1. The molecule has 1 atom stereocenters. The maximum Gasteiger partial charge on any atom is 0.0266 e. The zero-order valence-corrected chi connectivity index (χ0v) is 8.32. The Labute approximate surface area is 80.2 Å². The summed E-state index contributed by atoms with van der Waals surface area (Å²) in [6.45, 7) is 0. The van der Waals surface area contributed by atoms with E-state index < -0.39 is 0 Å². The maximum atomic E-state index is 4.62. The van der Waals surface area contributed by atoms with Crippen molar-refractivity contribution in [2.75, 3.05) is 0 Å². The molecule has 0 aromatic carbocycles. The number of allylic oxidation sites excluding steroid dienone is 3. The Bertz CT molecular complexity index is 225. The second-order valence-corrected chi connectivity index (χ2v) is 4.35. The van der Waals surface area contributed by atoms with Gasteiger partial charge in [-0.1, -0.05) is 12.2 Å². The Kier molecular flexibility index (Phi) is 2.60. The zero-order chi connectivity index (χ0) is 8.39. The summed E-state index contributed by atoms with van der Waals surface area (Å²) in [5.41, 5.74) is 3.14. The predicted octanol–water partition coefficient (Wildman–Crippen LogP) is 3.51. The fourth-order valence-electron chi connectivity index (χ4n) is 2.14. The third kappa shape index (κ3) is 1.61. The van der Waals surface area contributed by atoms with Gasteiger partial charge >= 0.3 is 0 Å². The van der Waals surface area contributed by atoms with Crippen LogP contribution in [0.4, 0.5) is 0 Å². The molecule has 0 bridgehead atoms. The second kappa shape index (κ2) is 3.69. The molecule has 0 aliphatic heterocycles. The molecule has 0 heterocycles. The molecular formula is C11H16S. The first kappa shape index (κ1) is 8.43. The van der Waals surface area contributed by atoms with Gasteiger partial charge in [0, 0.05) is 5.25 Å². The molecule has 0 radical (unpaired) electrons. The van der Waals surface area contributed by atoms with Gasteiger partial charge in [-0.2, -0.15) is 12.6 Å². The van der Waals surface area contributed by atoms with Crippen LogP contribution in [0.15, 0.2) is 23.3 Å². The number of rotatable bonds is 0. The smallest absolute Gasteiger partial charge is 0.0266 e. The molecule has 0 amide bonds. The van der Waals surface area contributed by atoms with Gasteiger partial charge in [0.1, 0.15) is 0 Å². The molecule has 0 N–H and O–H groups in total. The van der Waals surface area contributed by atoms with Gasteiger partial charge in [0.15, 0.2) is 0 Å². The van der Waals surface area contributed by atoms with E-state index in [1.165, 1.54) is 38.5 Å². The molecule has 2 aliphatic carbocycles. The molecule has 1 unspecified atom stereocenters. The van der Waals surface area contributed by atoms with E-state index in [1.54, 1.807) is 11.1 Å². The molecule has 1 heteroatoms. The van der Waals surface area contributed by atoms with Gasteiger partial charge in [-0.3, -0.25) is 0 Å². The molecule has 0 saturated heterocycles. The number of hydrogen-bond donors (Lipinski definition) is 1. The van der Waals surface area contributed by atoms with E-state index in [9.17, 15) is 0 Å². The lowest BCUT2D eigenvalue weighted by molar-refractivity contribution is 0.691. The monoisotopic (exact) mass is 180 g/mol. The van der Waals surface area contributed by atoms with E-state index in [0.29, 0.717) is 5.25 Å². The van der Waals surface area contributed by atoms with Crippen molar-refractivity contribution in [3.8, 4) is 0 Å². The van der Waals surface area contributed by atoms with Crippen molar-refractivity contribution in [3.05, 3.63) is 23.3 Å². The highest BCUT2D eigenvalue weighted by atomic mass is 32.1. The van der Waals surface area contributed by atoms with Crippen LogP contribution in [0.1, 0.15) is 38.5 Å². The minimum Gasteiger partial charge on any atom is -0.171 e. The van der Waals surface area contributed by atoms with Gasteiger partial charge in [0.2, 0.25) is 0 Å². The van der Waals surface area contributed by atoms with Crippen LogP contribution in [0, 0.1) is 0 Å². The van der Waals surface area contributed by atoms with Crippen molar-refractivity contribution >= 4 is 12.6 Å². The topological polar surface area (TPSA) is 0 Å². The summed E-state index contributed by atoms with van der Waals surface area (Å²) >= 11 is 4.62. The van der Waals surface area contributed by atoms with Gasteiger partial charge < -0.3 is 0 Å². The van der Waals surface area contributed by atoms with E-state index in [-0.39, 0.29) is 0 Å². The quantitative estimate of drug-likeness (QED) is 0.542. The van der Waals surface area contributed by atoms with Crippen LogP contribution in [-0.4, -0.2) is 5.25 Å². The SMILES string of the molecule is SC1CCCC2=CCCCC=C21. The highest BCUT2D eigenvalue weighted by Crippen LogP contribution is 2.34. The average Bonchev–Trinajstić information content (AvgIpc) is 2.30. The minimum atomic E-state index is 0.531. The third-order valence-corrected chi connectivity index (χ3v) is 3.35. The summed E-state index contributed by atoms with van der Waals surface area (Å²) in [7, 11) is 0. The molecule has 0 aromatic rings. The van der Waals surface area contributed by atoms with Crippen molar-refractivity contribution < 1.29 is 0 Å². The first-order valence-electron chi connectivity index (χ1n) is 4.95. The van der Waals surface area contributed by atoms with E-state index in [2.05, 4.69) is 24.8 Å². The maximum absolute atomic E-state index is 4.62. The van der Waals surface area contributed by atoms with Gasteiger partial charge in [-0.15, -0.1) is 0 Å². The Morgan fingerprint density at radius 1 is 1.17 bits per heavy atom. The molecule has 0 aromatic heterocycles. The van der Waals surface area contributed by atoms with Gasteiger partial charge in [0.25, 0.3) is 0 Å². The molecule has 12 heavy (non-hydrogen) atoms. The second-order valence-electron chi connectivity index (χ2n) is 3.73. The van der Waals surface area contributed by atoms with Crippen LogP contribution in [0.3, 0.4) is 0 Å². The third-order valence-electron chi connectivity index (χ3n) is 2.82. The highest BCUT2D eigenvalue weighted by molar-refractivity contribution is 7.81. The fraction of sp³-hybridized carbons (Fsp3) is 0.636. The van der Waals surface area contributed by atoms with Crippen molar-refractivity contribution in [2.24, 2.45) is 0 Å². The lowest BCUT2D eigenvalue weighted by Gasteiger charge is -2.23. The van der Waals surface area contributed by atoms with Crippen LogP contribution in [0.5, 0.6) is 0 Å². The molecule has 0 spiro atoms. The molecule has 2 aliphatic rings. The molecule has 66 valence electrons. The Morgan fingerprint density at radius 2 is 2.00 bits per heavy atom. The zero-order valence-electron chi connectivity index (χ0n) is 7.42. The Morgan fingerprint density at radius 3 is 2.92 bits per heavy atom. The summed E-state index contributed by atoms with van der Waals surface area (Å²) in [6.07, 6.45) is 12.6. The van der Waals surface area contributed by atoms with Crippen molar-refractivity contribution in [1.29, 1.82) is 0 Å². The highest BCUT2D eigenvalue weighted by Gasteiger charge is 2.19. The van der Waals surface area contributed by atoms with Crippen LogP contribution >= 0.6 is 12.6 Å². The normalized spacial score (nSPS) is 29.9. The van der Waals surface area contributed by atoms with Crippen molar-refractivity contribution in [3.63, 3.8) is 0 Å². The van der Waals surface area contributed by atoms with Gasteiger partial charge in [0.05, 0.1) is 0 Å². The number of fused-ring (bicyclic) bond motifs is 1. The van der Waals surface area contributed by atoms with Crippen LogP contribution in [0.2, 0.25) is 0 Å². The molecular weight excluding hydrogens is 164 g/mol. The lowest BCUT2D eigenvalue weighted by Crippen LogP contribution is -2.11. The fourth-order valence-corrected chi connectivity index (χ4v) is 2.59. The largest absolute Gasteiger partial charge is 0.171 e. The first-order chi connectivity index (χ1) is 5.88. The van der Waals surface area contributed by atoms with Crippen LogP contribution in [-0.2, 0) is 0 Å². The summed E-state index contributed by atoms with van der Waals surface area (Å²) in [5.74, 6) is 0. The van der Waals surface area contributed by atoms with Crippen molar-refractivity contribution in [1.82, 2.24) is 0 Å². The van der Waals surface area contributed by atoms with Crippen molar-refractivity contribution in [2.45, 2.75) is 43.8 Å². The molecule has 1 saturated carbocycles. The Hall–Kier alpha value is -0.170. The minimum absolute atomic E-state index is 0.531. The predicted molar refractivity (Wildman–Crippen MR) is 56.6 cm³/mol. The average molecular weight is 180 g/mol. The summed E-state index contributed by atoms with van der Waals surface area (Å²) in [4.78, 5) is 0. The van der Waals surface area contributed by atoms with Crippen LogP contribution < -0.4 is 0 Å². The van der Waals surface area contributed by atoms with E-state index >= 15 is 0 Å². The molecule has 2 rings (SSSR count). The number of thiol groups is 1. The van der Waals surface area contributed by atoms with E-state index in [1.807, 2.05) is 0 Å². The summed E-state index contributed by atoms with van der Waals surface area (Å²) in [5, 5.41) is 0.531. The first-order valence-corrected chi connectivity index (χ1v) is 5.47. The van der Waals surface area contributed by atoms with Crippen LogP contribution in [0.25, 0.3) is 0 Å².